The van der Waals surface area contributed by atoms with E-state index in [9.17, 15) is 0 Å². The third-order valence-corrected chi connectivity index (χ3v) is 4.55. The molecular weight excluding hydrogens is 236 g/mol. The first-order chi connectivity index (χ1) is 9.28. The van der Waals surface area contributed by atoms with Crippen LogP contribution >= 0.6 is 0 Å². The molecule has 0 amide bonds. The molecule has 2 unspecified atom stereocenters. The zero-order valence-electron chi connectivity index (χ0n) is 12.9. The van der Waals surface area contributed by atoms with Gasteiger partial charge in [0.2, 0.25) is 0 Å². The van der Waals surface area contributed by atoms with Crippen LogP contribution in [0.15, 0.2) is 0 Å². The Morgan fingerprint density at radius 1 is 1.05 bits per heavy atom. The first-order valence-electron chi connectivity index (χ1n) is 8.32. The zero-order chi connectivity index (χ0) is 13.5. The predicted molar refractivity (Wildman–Crippen MR) is 80.5 cm³/mol. The third kappa shape index (κ3) is 5.41. The summed E-state index contributed by atoms with van der Waals surface area (Å²) in [5.74, 6) is 0.952. The van der Waals surface area contributed by atoms with Crippen molar-refractivity contribution in [2.45, 2.75) is 64.1 Å². The Kier molecular flexibility index (Phi) is 6.62. The minimum absolute atomic E-state index is 0.455. The summed E-state index contributed by atoms with van der Waals surface area (Å²) in [7, 11) is 2.27. The van der Waals surface area contributed by atoms with E-state index in [4.69, 9.17) is 4.74 Å². The fourth-order valence-electron chi connectivity index (χ4n) is 3.56. The summed E-state index contributed by atoms with van der Waals surface area (Å²) in [6.45, 7) is 6.77. The Labute approximate surface area is 119 Å². The summed E-state index contributed by atoms with van der Waals surface area (Å²) in [4.78, 5) is 2.50. The third-order valence-electron chi connectivity index (χ3n) is 4.55. The van der Waals surface area contributed by atoms with E-state index in [1.807, 2.05) is 0 Å². The van der Waals surface area contributed by atoms with Gasteiger partial charge in [-0.3, -0.25) is 0 Å². The van der Waals surface area contributed by atoms with Gasteiger partial charge in [0.1, 0.15) is 0 Å². The lowest BCUT2D eigenvalue weighted by Crippen LogP contribution is -2.34. The smallest absolute Gasteiger partial charge is 0.0707 e. The van der Waals surface area contributed by atoms with Crippen molar-refractivity contribution in [1.29, 1.82) is 0 Å². The number of hydrogen-bond donors (Lipinski definition) is 1. The van der Waals surface area contributed by atoms with Crippen LogP contribution < -0.4 is 5.32 Å². The molecule has 1 aliphatic heterocycles. The number of hydrogen-bond acceptors (Lipinski definition) is 3. The topological polar surface area (TPSA) is 24.5 Å². The van der Waals surface area contributed by atoms with E-state index in [1.54, 1.807) is 0 Å². The highest BCUT2D eigenvalue weighted by Gasteiger charge is 2.26. The van der Waals surface area contributed by atoms with E-state index in [-0.39, 0.29) is 0 Å². The molecule has 1 aliphatic carbocycles. The summed E-state index contributed by atoms with van der Waals surface area (Å²) in [6, 6.07) is 0. The van der Waals surface area contributed by atoms with Crippen LogP contribution in [-0.4, -0.2) is 50.3 Å². The van der Waals surface area contributed by atoms with Crippen LogP contribution in [0.25, 0.3) is 0 Å². The maximum atomic E-state index is 6.14. The first-order valence-corrected chi connectivity index (χ1v) is 8.32. The van der Waals surface area contributed by atoms with Crippen molar-refractivity contribution in [2.75, 3.05) is 33.2 Å². The van der Waals surface area contributed by atoms with Crippen molar-refractivity contribution < 1.29 is 4.74 Å². The molecule has 1 N–H and O–H groups in total. The van der Waals surface area contributed by atoms with Gasteiger partial charge in [-0.2, -0.15) is 0 Å². The van der Waals surface area contributed by atoms with Crippen LogP contribution in [0.3, 0.4) is 0 Å². The molecule has 0 aromatic heterocycles. The van der Waals surface area contributed by atoms with Gasteiger partial charge < -0.3 is 15.0 Å². The van der Waals surface area contributed by atoms with Crippen LogP contribution in [0.2, 0.25) is 0 Å². The number of likely N-dealkylation sites (N-methyl/N-ethyl adjacent to an activating group) is 1. The molecule has 0 aromatic carbocycles. The summed E-state index contributed by atoms with van der Waals surface area (Å²) >= 11 is 0. The number of nitrogens with zero attached hydrogens (tertiary/aromatic N) is 1. The fourth-order valence-corrected chi connectivity index (χ4v) is 3.56. The molecular formula is C16H32N2O. The SMILES string of the molecule is CCCNCC1CCC(CN(C)CC2CCCC2)O1. The minimum Gasteiger partial charge on any atom is -0.372 e. The monoisotopic (exact) mass is 268 g/mol. The van der Waals surface area contributed by atoms with E-state index >= 15 is 0 Å². The molecule has 0 radical (unpaired) electrons. The molecule has 1 saturated carbocycles. The van der Waals surface area contributed by atoms with Gasteiger partial charge in [-0.05, 0) is 51.6 Å². The second kappa shape index (κ2) is 8.23. The lowest BCUT2D eigenvalue weighted by Gasteiger charge is -2.24. The molecule has 0 bridgehead atoms. The molecule has 112 valence electrons. The second-order valence-electron chi connectivity index (χ2n) is 6.53. The molecule has 2 aliphatic rings. The van der Waals surface area contributed by atoms with Gasteiger partial charge in [-0.25, -0.2) is 0 Å². The largest absolute Gasteiger partial charge is 0.372 e. The lowest BCUT2D eigenvalue weighted by atomic mass is 10.1. The standard InChI is InChI=1S/C16H32N2O/c1-3-10-17-11-15-8-9-16(19-15)13-18(2)12-14-6-4-5-7-14/h14-17H,3-13H2,1-2H3. The predicted octanol–water partition coefficient (Wildman–Crippen LogP) is 2.66. The van der Waals surface area contributed by atoms with Crippen molar-refractivity contribution in [3.8, 4) is 0 Å². The molecule has 1 heterocycles. The van der Waals surface area contributed by atoms with Gasteiger partial charge in [0.05, 0.1) is 12.2 Å². The van der Waals surface area contributed by atoms with Gasteiger partial charge in [0.15, 0.2) is 0 Å². The van der Waals surface area contributed by atoms with E-state index < -0.39 is 0 Å². The maximum absolute atomic E-state index is 6.14. The zero-order valence-corrected chi connectivity index (χ0v) is 12.9. The Morgan fingerprint density at radius 2 is 1.79 bits per heavy atom. The Morgan fingerprint density at radius 3 is 2.53 bits per heavy atom. The second-order valence-corrected chi connectivity index (χ2v) is 6.53. The van der Waals surface area contributed by atoms with Crippen LogP contribution in [0, 0.1) is 5.92 Å². The molecule has 3 heteroatoms. The highest BCUT2D eigenvalue weighted by molar-refractivity contribution is 4.78. The van der Waals surface area contributed by atoms with Crippen molar-refractivity contribution in [3.63, 3.8) is 0 Å². The van der Waals surface area contributed by atoms with Crippen LogP contribution in [-0.2, 0) is 4.74 Å². The van der Waals surface area contributed by atoms with Crippen LogP contribution in [0.4, 0.5) is 0 Å². The van der Waals surface area contributed by atoms with Crippen molar-refractivity contribution in [3.05, 3.63) is 0 Å². The summed E-state index contributed by atoms with van der Waals surface area (Å²) < 4.78 is 6.14. The number of ether oxygens (including phenoxy) is 1. The van der Waals surface area contributed by atoms with Crippen molar-refractivity contribution in [1.82, 2.24) is 10.2 Å². The van der Waals surface area contributed by atoms with Gasteiger partial charge in [0, 0.05) is 19.6 Å². The van der Waals surface area contributed by atoms with Crippen LogP contribution in [0.1, 0.15) is 51.9 Å². The summed E-state index contributed by atoms with van der Waals surface area (Å²) in [6.07, 6.45) is 10.4. The number of rotatable bonds is 8. The van der Waals surface area contributed by atoms with E-state index in [0.29, 0.717) is 12.2 Å². The van der Waals surface area contributed by atoms with Gasteiger partial charge >= 0.3 is 0 Å². The molecule has 19 heavy (non-hydrogen) atoms. The summed E-state index contributed by atoms with van der Waals surface area (Å²) in [5, 5.41) is 3.47. The van der Waals surface area contributed by atoms with Gasteiger partial charge in [-0.15, -0.1) is 0 Å². The first kappa shape index (κ1) is 15.3. The molecule has 1 saturated heterocycles. The molecule has 0 aromatic rings. The quantitative estimate of drug-likeness (QED) is 0.685. The molecule has 2 rings (SSSR count). The normalized spacial score (nSPS) is 28.6. The Bertz CT molecular complexity index is 241. The highest BCUT2D eigenvalue weighted by Crippen LogP contribution is 2.26. The molecule has 0 spiro atoms. The number of nitrogens with one attached hydrogen (secondary N) is 1. The highest BCUT2D eigenvalue weighted by atomic mass is 16.5. The Balaban J connectivity index is 1.58. The van der Waals surface area contributed by atoms with E-state index in [2.05, 4.69) is 24.2 Å². The Hall–Kier alpha value is -0.120. The summed E-state index contributed by atoms with van der Waals surface area (Å²) in [5.41, 5.74) is 0. The van der Waals surface area contributed by atoms with Crippen molar-refractivity contribution in [2.24, 2.45) is 5.92 Å². The fraction of sp³-hybridized carbons (Fsp3) is 1.00. The molecule has 2 fully saturated rings. The van der Waals surface area contributed by atoms with Crippen LogP contribution in [0.5, 0.6) is 0 Å². The average Bonchev–Trinajstić information content (AvgIpc) is 3.02. The maximum Gasteiger partial charge on any atom is 0.0707 e. The van der Waals surface area contributed by atoms with Crippen molar-refractivity contribution >= 4 is 0 Å². The average molecular weight is 268 g/mol. The van der Waals surface area contributed by atoms with Gasteiger partial charge in [0.25, 0.3) is 0 Å². The molecule has 2 atom stereocenters. The minimum atomic E-state index is 0.455. The van der Waals surface area contributed by atoms with E-state index in [1.165, 1.54) is 51.5 Å². The van der Waals surface area contributed by atoms with E-state index in [0.717, 1.165) is 25.6 Å². The lowest BCUT2D eigenvalue weighted by molar-refractivity contribution is 0.0258. The molecule has 3 nitrogen and oxygen atoms in total. The van der Waals surface area contributed by atoms with Gasteiger partial charge in [-0.1, -0.05) is 19.8 Å².